The van der Waals surface area contributed by atoms with E-state index < -0.39 is 27.9 Å². The first-order valence-electron chi connectivity index (χ1n) is 6.03. The van der Waals surface area contributed by atoms with E-state index in [1.54, 1.807) is 21.0 Å². The zero-order valence-corrected chi connectivity index (χ0v) is 12.2. The molecule has 110 valence electrons. The molecule has 0 aromatic rings. The average Bonchev–Trinajstić information content (AvgIpc) is 2.64. The molecule has 19 heavy (non-hydrogen) atoms. The van der Waals surface area contributed by atoms with E-state index in [9.17, 15) is 18.0 Å². The number of carboxylic acids is 1. The van der Waals surface area contributed by atoms with Crippen molar-refractivity contribution < 1.29 is 23.1 Å². The molecular weight excluding hydrogens is 272 g/mol. The monoisotopic (exact) mass is 292 g/mol. The fraction of sp³-hybridized carbons (Fsp3) is 0.818. The Morgan fingerprint density at radius 2 is 1.95 bits per heavy atom. The number of carbonyl (C=O) groups excluding carboxylic acids is 1. The molecule has 1 heterocycles. The van der Waals surface area contributed by atoms with Gasteiger partial charge in [0.05, 0.1) is 24.1 Å². The lowest BCUT2D eigenvalue weighted by molar-refractivity contribution is -0.142. The molecule has 1 aliphatic heterocycles. The maximum Gasteiger partial charge on any atom is 0.317 e. The molecule has 1 rings (SSSR count). The zero-order chi connectivity index (χ0) is 14.8. The van der Waals surface area contributed by atoms with Crippen LogP contribution in [0.5, 0.6) is 0 Å². The zero-order valence-electron chi connectivity index (χ0n) is 11.4. The van der Waals surface area contributed by atoms with Gasteiger partial charge in [-0.1, -0.05) is 0 Å². The van der Waals surface area contributed by atoms with Crippen molar-refractivity contribution in [1.29, 1.82) is 0 Å². The van der Waals surface area contributed by atoms with Crippen molar-refractivity contribution in [3.05, 3.63) is 0 Å². The van der Waals surface area contributed by atoms with Gasteiger partial charge >= 0.3 is 5.97 Å². The van der Waals surface area contributed by atoms with E-state index in [2.05, 4.69) is 0 Å². The Morgan fingerprint density at radius 1 is 1.37 bits per heavy atom. The number of likely N-dealkylation sites (N-methyl/N-ethyl adjacent to an activating group) is 1. The molecule has 0 saturated carbocycles. The van der Waals surface area contributed by atoms with Crippen molar-refractivity contribution in [2.24, 2.45) is 0 Å². The van der Waals surface area contributed by atoms with Crippen LogP contribution in [0.25, 0.3) is 0 Å². The number of carbonyl (C=O) groups is 2. The fourth-order valence-corrected chi connectivity index (χ4v) is 4.03. The maximum absolute atomic E-state index is 11.9. The van der Waals surface area contributed by atoms with Crippen molar-refractivity contribution in [3.63, 3.8) is 0 Å². The Balaban J connectivity index is 2.89. The summed E-state index contributed by atoms with van der Waals surface area (Å²) in [5.41, 5.74) is 0. The number of sulfone groups is 1. The van der Waals surface area contributed by atoms with Crippen molar-refractivity contribution in [2.45, 2.75) is 25.4 Å². The number of rotatable bonds is 5. The second-order valence-corrected chi connectivity index (χ2v) is 7.26. The van der Waals surface area contributed by atoms with E-state index in [0.29, 0.717) is 6.42 Å². The van der Waals surface area contributed by atoms with Crippen LogP contribution in [0, 0.1) is 0 Å². The third-order valence-corrected chi connectivity index (χ3v) is 5.04. The first kappa shape index (κ1) is 15.9. The topological polar surface area (TPSA) is 95.0 Å². The van der Waals surface area contributed by atoms with Gasteiger partial charge in [0.25, 0.3) is 0 Å². The molecule has 1 aliphatic rings. The summed E-state index contributed by atoms with van der Waals surface area (Å²) in [6.07, 6.45) is 0.376. The number of hydrogen-bond acceptors (Lipinski definition) is 5. The number of nitrogens with zero attached hydrogens (tertiary/aromatic N) is 2. The smallest absolute Gasteiger partial charge is 0.317 e. The van der Waals surface area contributed by atoms with Gasteiger partial charge in [-0.2, -0.15) is 0 Å². The normalized spacial score (nSPS) is 23.3. The minimum absolute atomic E-state index is 0.0522. The van der Waals surface area contributed by atoms with Crippen molar-refractivity contribution in [3.8, 4) is 0 Å². The van der Waals surface area contributed by atoms with Crippen LogP contribution in [0.15, 0.2) is 0 Å². The van der Waals surface area contributed by atoms with Gasteiger partial charge in [0.2, 0.25) is 5.91 Å². The first-order chi connectivity index (χ1) is 8.64. The third kappa shape index (κ3) is 4.17. The molecule has 2 unspecified atom stereocenters. The van der Waals surface area contributed by atoms with Crippen LogP contribution in [0.1, 0.15) is 13.3 Å². The lowest BCUT2D eigenvalue weighted by Crippen LogP contribution is -2.51. The summed E-state index contributed by atoms with van der Waals surface area (Å²) in [5, 5.41) is 8.93. The summed E-state index contributed by atoms with van der Waals surface area (Å²) in [6.45, 7) is 1.27. The van der Waals surface area contributed by atoms with Crippen molar-refractivity contribution in [2.75, 3.05) is 32.1 Å². The predicted octanol–water partition coefficient (Wildman–Crippen LogP) is -0.963. The molecule has 1 saturated heterocycles. The Bertz CT molecular complexity index is 460. The minimum atomic E-state index is -3.12. The largest absolute Gasteiger partial charge is 0.480 e. The molecule has 1 fully saturated rings. The number of aliphatic carboxylic acids is 1. The highest BCUT2D eigenvalue weighted by Crippen LogP contribution is 2.20. The van der Waals surface area contributed by atoms with Gasteiger partial charge in [-0.15, -0.1) is 0 Å². The van der Waals surface area contributed by atoms with Gasteiger partial charge in [0, 0.05) is 20.1 Å². The van der Waals surface area contributed by atoms with Crippen molar-refractivity contribution >= 4 is 21.7 Å². The number of hydrogen-bond donors (Lipinski definition) is 1. The Kier molecular flexibility index (Phi) is 4.92. The van der Waals surface area contributed by atoms with Crippen LogP contribution in [0.2, 0.25) is 0 Å². The van der Waals surface area contributed by atoms with Crippen LogP contribution in [0.4, 0.5) is 0 Å². The molecule has 1 amide bonds. The molecule has 2 atom stereocenters. The summed E-state index contributed by atoms with van der Waals surface area (Å²) < 4.78 is 23.0. The highest BCUT2D eigenvalue weighted by atomic mass is 32.2. The predicted molar refractivity (Wildman–Crippen MR) is 69.6 cm³/mol. The van der Waals surface area contributed by atoms with Crippen LogP contribution in [-0.2, 0) is 19.4 Å². The summed E-state index contributed by atoms with van der Waals surface area (Å²) in [5.74, 6) is -1.32. The van der Waals surface area contributed by atoms with E-state index in [1.807, 2.05) is 0 Å². The van der Waals surface area contributed by atoms with Crippen LogP contribution in [0.3, 0.4) is 0 Å². The Morgan fingerprint density at radius 3 is 2.32 bits per heavy atom. The minimum Gasteiger partial charge on any atom is -0.480 e. The second kappa shape index (κ2) is 5.87. The molecular formula is C11H20N2O5S. The highest BCUT2D eigenvalue weighted by Gasteiger charge is 2.37. The van der Waals surface area contributed by atoms with Gasteiger partial charge in [-0.05, 0) is 13.3 Å². The molecule has 0 radical (unpaired) electrons. The van der Waals surface area contributed by atoms with Crippen LogP contribution >= 0.6 is 0 Å². The molecule has 0 aliphatic carbocycles. The highest BCUT2D eigenvalue weighted by molar-refractivity contribution is 7.91. The summed E-state index contributed by atoms with van der Waals surface area (Å²) >= 11 is 0. The number of amides is 1. The first-order valence-corrected chi connectivity index (χ1v) is 7.85. The Labute approximate surface area is 113 Å². The van der Waals surface area contributed by atoms with Crippen LogP contribution < -0.4 is 0 Å². The summed E-state index contributed by atoms with van der Waals surface area (Å²) in [6, 6.07) is -1.05. The van der Waals surface area contributed by atoms with Gasteiger partial charge in [-0.25, -0.2) is 8.42 Å². The van der Waals surface area contributed by atoms with E-state index in [0.717, 1.165) is 0 Å². The van der Waals surface area contributed by atoms with Gasteiger partial charge in [0.1, 0.15) is 0 Å². The maximum atomic E-state index is 11.9. The van der Waals surface area contributed by atoms with Gasteiger partial charge in [0.15, 0.2) is 9.84 Å². The standard InChI is InChI=1S/C11H20N2O5S/c1-8(11(16)12(2)3)13(6-10(14)15)9-4-5-19(17,18)7-9/h8-9H,4-7H2,1-3H3,(H,14,15). The molecule has 0 aromatic heterocycles. The fourth-order valence-electron chi connectivity index (χ4n) is 2.29. The van der Waals surface area contributed by atoms with E-state index >= 15 is 0 Å². The van der Waals surface area contributed by atoms with Crippen molar-refractivity contribution in [1.82, 2.24) is 9.80 Å². The number of carboxylic acid groups (broad SMARTS) is 1. The molecule has 8 heteroatoms. The van der Waals surface area contributed by atoms with E-state index in [4.69, 9.17) is 5.11 Å². The van der Waals surface area contributed by atoms with Gasteiger partial charge < -0.3 is 10.0 Å². The third-order valence-electron chi connectivity index (χ3n) is 3.29. The second-order valence-electron chi connectivity index (χ2n) is 5.03. The van der Waals surface area contributed by atoms with Gasteiger partial charge in [-0.3, -0.25) is 14.5 Å². The molecule has 0 bridgehead atoms. The quantitative estimate of drug-likeness (QED) is 0.701. The SMILES string of the molecule is CC(C(=O)N(C)C)N(CC(=O)O)C1CCS(=O)(=O)C1. The molecule has 7 nitrogen and oxygen atoms in total. The Hall–Kier alpha value is -1.15. The average molecular weight is 292 g/mol. The lowest BCUT2D eigenvalue weighted by Gasteiger charge is -2.32. The molecule has 1 N–H and O–H groups in total. The van der Waals surface area contributed by atoms with E-state index in [1.165, 1.54) is 9.80 Å². The lowest BCUT2D eigenvalue weighted by atomic mass is 10.1. The molecule has 0 aromatic carbocycles. The van der Waals surface area contributed by atoms with Crippen LogP contribution in [-0.4, -0.2) is 79.4 Å². The molecule has 0 spiro atoms. The summed E-state index contributed by atoms with van der Waals surface area (Å²) in [7, 11) is 0.0577. The van der Waals surface area contributed by atoms with E-state index in [-0.39, 0.29) is 24.0 Å². The summed E-state index contributed by atoms with van der Waals surface area (Å²) in [4.78, 5) is 25.7.